The van der Waals surface area contributed by atoms with Crippen molar-refractivity contribution >= 4 is 27.3 Å². The minimum atomic E-state index is -0.179. The summed E-state index contributed by atoms with van der Waals surface area (Å²) in [5.41, 5.74) is 3.04. The van der Waals surface area contributed by atoms with Crippen LogP contribution >= 0.6 is 15.9 Å². The van der Waals surface area contributed by atoms with Crippen LogP contribution < -0.4 is 4.90 Å². The summed E-state index contributed by atoms with van der Waals surface area (Å²) in [6.45, 7) is 2.13. The van der Waals surface area contributed by atoms with Crippen LogP contribution in [0.25, 0.3) is 0 Å². The number of anilines is 2. The summed E-state index contributed by atoms with van der Waals surface area (Å²) in [5.74, 6) is -0.179. The number of benzene rings is 2. The van der Waals surface area contributed by atoms with Gasteiger partial charge in [-0.2, -0.15) is 0 Å². The summed E-state index contributed by atoms with van der Waals surface area (Å²) in [4.78, 5) is 2.08. The zero-order chi connectivity index (χ0) is 12.7. The zero-order valence-corrected chi connectivity index (χ0v) is 11.6. The van der Waals surface area contributed by atoms with E-state index in [-0.39, 0.29) is 11.9 Å². The predicted molar refractivity (Wildman–Crippen MR) is 75.8 cm³/mol. The van der Waals surface area contributed by atoms with E-state index in [0.717, 1.165) is 16.6 Å². The van der Waals surface area contributed by atoms with Gasteiger partial charge in [0.1, 0.15) is 5.82 Å². The van der Waals surface area contributed by atoms with Crippen LogP contribution in [0.15, 0.2) is 46.9 Å². The summed E-state index contributed by atoms with van der Waals surface area (Å²) in [7, 11) is 0. The molecule has 2 aromatic rings. The molecule has 0 saturated heterocycles. The summed E-state index contributed by atoms with van der Waals surface area (Å²) >= 11 is 3.41. The Morgan fingerprint density at radius 1 is 1.17 bits per heavy atom. The van der Waals surface area contributed by atoms with Gasteiger partial charge in [-0.25, -0.2) is 4.39 Å². The highest BCUT2D eigenvalue weighted by molar-refractivity contribution is 9.10. The molecule has 0 fully saturated rings. The topological polar surface area (TPSA) is 3.24 Å². The van der Waals surface area contributed by atoms with E-state index in [2.05, 4.69) is 39.9 Å². The van der Waals surface area contributed by atoms with Crippen LogP contribution in [-0.2, 0) is 6.42 Å². The monoisotopic (exact) mass is 305 g/mol. The first-order valence-corrected chi connectivity index (χ1v) is 6.78. The van der Waals surface area contributed by atoms with Gasteiger partial charge >= 0.3 is 0 Å². The Kier molecular flexibility index (Phi) is 2.86. The van der Waals surface area contributed by atoms with E-state index in [4.69, 9.17) is 0 Å². The van der Waals surface area contributed by atoms with E-state index < -0.39 is 0 Å². The molecule has 1 heterocycles. The molecule has 1 aliphatic rings. The average Bonchev–Trinajstić information content (AvgIpc) is 2.68. The Bertz CT molecular complexity index is 597. The van der Waals surface area contributed by atoms with Crippen LogP contribution in [0.2, 0.25) is 0 Å². The quantitative estimate of drug-likeness (QED) is 0.740. The molecule has 1 nitrogen and oxygen atoms in total. The maximum absolute atomic E-state index is 14.0. The van der Waals surface area contributed by atoms with Crippen LogP contribution in [-0.4, -0.2) is 6.04 Å². The summed E-state index contributed by atoms with van der Waals surface area (Å²) in [6, 6.07) is 13.6. The smallest absolute Gasteiger partial charge is 0.146 e. The second-order valence-electron chi connectivity index (χ2n) is 4.65. The second-order valence-corrected chi connectivity index (χ2v) is 5.56. The minimum Gasteiger partial charge on any atom is -0.336 e. The van der Waals surface area contributed by atoms with Gasteiger partial charge in [0.05, 0.1) is 5.69 Å². The molecule has 3 heteroatoms. The van der Waals surface area contributed by atoms with E-state index in [1.807, 2.05) is 18.2 Å². The Morgan fingerprint density at radius 2 is 1.94 bits per heavy atom. The largest absolute Gasteiger partial charge is 0.336 e. The molecule has 0 aliphatic carbocycles. The van der Waals surface area contributed by atoms with E-state index in [1.54, 1.807) is 6.07 Å². The second kappa shape index (κ2) is 4.39. The summed E-state index contributed by atoms with van der Waals surface area (Å²) in [6.07, 6.45) is 0.960. The number of rotatable bonds is 1. The van der Waals surface area contributed by atoms with Gasteiger partial charge in [0.15, 0.2) is 0 Å². The van der Waals surface area contributed by atoms with Crippen molar-refractivity contribution in [2.24, 2.45) is 0 Å². The van der Waals surface area contributed by atoms with Gasteiger partial charge in [0, 0.05) is 16.2 Å². The molecule has 18 heavy (non-hydrogen) atoms. The van der Waals surface area contributed by atoms with Crippen LogP contribution in [0.5, 0.6) is 0 Å². The molecule has 0 bridgehead atoms. The van der Waals surface area contributed by atoms with Crippen molar-refractivity contribution in [2.45, 2.75) is 19.4 Å². The van der Waals surface area contributed by atoms with Crippen LogP contribution in [0.1, 0.15) is 12.5 Å². The molecule has 2 aromatic carbocycles. The van der Waals surface area contributed by atoms with E-state index in [0.29, 0.717) is 5.69 Å². The van der Waals surface area contributed by atoms with Gasteiger partial charge in [-0.05, 0) is 43.2 Å². The molecule has 1 atom stereocenters. The Hall–Kier alpha value is -1.35. The number of nitrogens with zero attached hydrogens (tertiary/aromatic N) is 1. The Morgan fingerprint density at radius 3 is 2.78 bits per heavy atom. The lowest BCUT2D eigenvalue weighted by Crippen LogP contribution is -2.24. The lowest BCUT2D eigenvalue weighted by atomic mass is 10.1. The van der Waals surface area contributed by atoms with Crippen molar-refractivity contribution in [3.05, 3.63) is 58.3 Å². The van der Waals surface area contributed by atoms with Crippen molar-refractivity contribution in [2.75, 3.05) is 4.90 Å². The van der Waals surface area contributed by atoms with Gasteiger partial charge in [0.2, 0.25) is 0 Å². The third-order valence-corrected chi connectivity index (χ3v) is 3.87. The number of para-hydroxylation sites is 1. The zero-order valence-electron chi connectivity index (χ0n) is 10.0. The number of halogens is 2. The van der Waals surface area contributed by atoms with Crippen molar-refractivity contribution < 1.29 is 4.39 Å². The Balaban J connectivity index is 2.14. The van der Waals surface area contributed by atoms with Gasteiger partial charge < -0.3 is 4.90 Å². The van der Waals surface area contributed by atoms with Gasteiger partial charge in [-0.1, -0.05) is 34.1 Å². The molecule has 1 unspecified atom stereocenters. The van der Waals surface area contributed by atoms with Crippen molar-refractivity contribution in [3.63, 3.8) is 0 Å². The molecule has 0 spiro atoms. The number of fused-ring (bicyclic) bond motifs is 1. The van der Waals surface area contributed by atoms with Crippen molar-refractivity contribution in [3.8, 4) is 0 Å². The maximum atomic E-state index is 14.0. The molecule has 0 aromatic heterocycles. The normalized spacial score (nSPS) is 17.9. The lowest BCUT2D eigenvalue weighted by molar-refractivity contribution is 0.617. The van der Waals surface area contributed by atoms with Crippen molar-refractivity contribution in [1.29, 1.82) is 0 Å². The van der Waals surface area contributed by atoms with E-state index in [9.17, 15) is 4.39 Å². The molecule has 0 radical (unpaired) electrons. The highest BCUT2D eigenvalue weighted by atomic mass is 79.9. The highest BCUT2D eigenvalue weighted by Crippen LogP contribution is 2.39. The van der Waals surface area contributed by atoms with E-state index >= 15 is 0 Å². The molecule has 92 valence electrons. The molecule has 0 N–H and O–H groups in total. The Labute approximate surface area is 114 Å². The van der Waals surface area contributed by atoms with Crippen molar-refractivity contribution in [1.82, 2.24) is 0 Å². The standard InChI is InChI=1S/C15H13BrFN/c1-10-8-11-4-2-3-5-14(11)18(10)15-9-12(16)6-7-13(15)17/h2-7,9-10H,8H2,1H3. The summed E-state index contributed by atoms with van der Waals surface area (Å²) < 4.78 is 14.9. The first kappa shape index (κ1) is 11.7. The molecule has 3 rings (SSSR count). The third kappa shape index (κ3) is 1.83. The fourth-order valence-electron chi connectivity index (χ4n) is 2.60. The highest BCUT2D eigenvalue weighted by Gasteiger charge is 2.28. The predicted octanol–water partition coefficient (Wildman–Crippen LogP) is 4.67. The van der Waals surface area contributed by atoms with Gasteiger partial charge in [-0.15, -0.1) is 0 Å². The van der Waals surface area contributed by atoms with Crippen LogP contribution in [0.4, 0.5) is 15.8 Å². The SMILES string of the molecule is CC1Cc2ccccc2N1c1cc(Br)ccc1F. The number of hydrogen-bond donors (Lipinski definition) is 0. The average molecular weight is 306 g/mol. The fraction of sp³-hybridized carbons (Fsp3) is 0.200. The fourth-order valence-corrected chi connectivity index (χ4v) is 2.95. The van der Waals surface area contributed by atoms with E-state index in [1.165, 1.54) is 11.6 Å². The maximum Gasteiger partial charge on any atom is 0.146 e. The van der Waals surface area contributed by atoms with Crippen LogP contribution in [0, 0.1) is 5.82 Å². The summed E-state index contributed by atoms with van der Waals surface area (Å²) in [5, 5.41) is 0. The molecule has 0 saturated carbocycles. The molecule has 1 aliphatic heterocycles. The van der Waals surface area contributed by atoms with Gasteiger partial charge in [-0.3, -0.25) is 0 Å². The molecule has 0 amide bonds. The van der Waals surface area contributed by atoms with Crippen LogP contribution in [0.3, 0.4) is 0 Å². The number of hydrogen-bond acceptors (Lipinski definition) is 1. The lowest BCUT2D eigenvalue weighted by Gasteiger charge is -2.25. The third-order valence-electron chi connectivity index (χ3n) is 3.37. The molecular weight excluding hydrogens is 293 g/mol. The van der Waals surface area contributed by atoms with Gasteiger partial charge in [0.25, 0.3) is 0 Å². The first-order chi connectivity index (χ1) is 8.66. The molecular formula is C15H13BrFN. The minimum absolute atomic E-state index is 0.179. The first-order valence-electron chi connectivity index (χ1n) is 5.99.